The van der Waals surface area contributed by atoms with Gasteiger partial charge in [0.1, 0.15) is 17.2 Å². The van der Waals surface area contributed by atoms with E-state index < -0.39 is 0 Å². The molecule has 4 aromatic rings. The molecule has 34 heavy (non-hydrogen) atoms. The number of anilines is 1. The minimum Gasteiger partial charge on any atom is -0.367 e. The number of nitrogens with zero attached hydrogens (tertiary/aromatic N) is 7. The SMILES string of the molecule is CC(C)Nc1cncc(-c2ccc3cnc(CC(=O)c4cn(C5CCNCC5)nn4)cc3n2)n1. The Labute approximate surface area is 197 Å². The van der Waals surface area contributed by atoms with Crippen molar-refractivity contribution >= 4 is 22.5 Å². The number of pyridine rings is 2. The molecule has 0 atom stereocenters. The number of hydrogen-bond donors (Lipinski definition) is 2. The van der Waals surface area contributed by atoms with Gasteiger partial charge in [-0.2, -0.15) is 0 Å². The average Bonchev–Trinajstić information content (AvgIpc) is 3.35. The van der Waals surface area contributed by atoms with Crippen LogP contribution in [0.4, 0.5) is 5.82 Å². The molecule has 5 heterocycles. The molecule has 1 aliphatic rings. The molecule has 0 radical (unpaired) electrons. The molecule has 1 saturated heterocycles. The molecular weight excluding hydrogens is 430 g/mol. The third-order valence-electron chi connectivity index (χ3n) is 5.78. The predicted octanol–water partition coefficient (Wildman–Crippen LogP) is 2.85. The Hall–Kier alpha value is -3.79. The van der Waals surface area contributed by atoms with Crippen molar-refractivity contribution in [3.63, 3.8) is 0 Å². The molecule has 0 aliphatic carbocycles. The van der Waals surface area contributed by atoms with Crippen LogP contribution in [0.15, 0.2) is 43.0 Å². The Kier molecular flexibility index (Phi) is 6.22. The molecule has 2 N–H and O–H groups in total. The molecule has 0 saturated carbocycles. The van der Waals surface area contributed by atoms with Crippen molar-refractivity contribution in [3.05, 3.63) is 54.4 Å². The summed E-state index contributed by atoms with van der Waals surface area (Å²) in [4.78, 5) is 30.9. The number of fused-ring (bicyclic) bond motifs is 1. The lowest BCUT2D eigenvalue weighted by Crippen LogP contribution is -2.29. The number of hydrogen-bond acceptors (Lipinski definition) is 9. The van der Waals surface area contributed by atoms with Gasteiger partial charge in [-0.1, -0.05) is 5.21 Å². The van der Waals surface area contributed by atoms with Gasteiger partial charge >= 0.3 is 0 Å². The van der Waals surface area contributed by atoms with Crippen molar-refractivity contribution in [2.45, 2.75) is 45.2 Å². The fourth-order valence-corrected chi connectivity index (χ4v) is 4.06. The van der Waals surface area contributed by atoms with E-state index in [1.807, 2.05) is 36.7 Å². The second-order valence-corrected chi connectivity index (χ2v) is 8.82. The van der Waals surface area contributed by atoms with Crippen LogP contribution in [-0.4, -0.2) is 59.8 Å². The van der Waals surface area contributed by atoms with Crippen LogP contribution in [0, 0.1) is 0 Å². The van der Waals surface area contributed by atoms with E-state index in [4.69, 9.17) is 4.98 Å². The van der Waals surface area contributed by atoms with E-state index in [-0.39, 0.29) is 24.3 Å². The number of ketones is 1. The maximum absolute atomic E-state index is 12.8. The number of carbonyl (C=O) groups excluding carboxylic acids is 1. The third-order valence-corrected chi connectivity index (χ3v) is 5.78. The summed E-state index contributed by atoms with van der Waals surface area (Å²) in [7, 11) is 0. The van der Waals surface area contributed by atoms with E-state index >= 15 is 0 Å². The van der Waals surface area contributed by atoms with E-state index in [1.54, 1.807) is 24.8 Å². The fourth-order valence-electron chi connectivity index (χ4n) is 4.06. The lowest BCUT2D eigenvalue weighted by atomic mass is 10.1. The summed E-state index contributed by atoms with van der Waals surface area (Å²) in [5.74, 6) is 0.592. The molecule has 174 valence electrons. The van der Waals surface area contributed by atoms with Gasteiger partial charge in [-0.25, -0.2) is 14.6 Å². The van der Waals surface area contributed by atoms with Crippen molar-refractivity contribution < 1.29 is 4.79 Å². The first-order chi connectivity index (χ1) is 16.5. The standard InChI is InChI=1S/C24H27N9O/c1-15(2)28-24-13-26-12-21(30-24)19-4-3-16-11-27-17(9-20(16)29-19)10-23(34)22-14-33(32-31-22)18-5-7-25-8-6-18/h3-4,9,11-15,18,25H,5-8,10H2,1-2H3,(H,28,30). The van der Waals surface area contributed by atoms with E-state index in [1.165, 1.54) is 0 Å². The molecule has 10 nitrogen and oxygen atoms in total. The van der Waals surface area contributed by atoms with E-state index in [9.17, 15) is 4.79 Å². The van der Waals surface area contributed by atoms with Gasteiger partial charge in [-0.3, -0.25) is 14.8 Å². The average molecular weight is 458 g/mol. The highest BCUT2D eigenvalue weighted by Gasteiger charge is 2.19. The van der Waals surface area contributed by atoms with Gasteiger partial charge in [0.25, 0.3) is 0 Å². The van der Waals surface area contributed by atoms with E-state index in [0.717, 1.165) is 36.8 Å². The molecule has 1 aliphatic heterocycles. The fraction of sp³-hybridized carbons (Fsp3) is 0.375. The molecule has 0 amide bonds. The van der Waals surface area contributed by atoms with Gasteiger partial charge < -0.3 is 10.6 Å². The highest BCUT2D eigenvalue weighted by Crippen LogP contribution is 2.21. The zero-order chi connectivity index (χ0) is 23.5. The van der Waals surface area contributed by atoms with Crippen LogP contribution in [0.25, 0.3) is 22.3 Å². The first-order valence-electron chi connectivity index (χ1n) is 11.6. The van der Waals surface area contributed by atoms with Gasteiger partial charge in [0, 0.05) is 17.6 Å². The van der Waals surface area contributed by atoms with E-state index in [2.05, 4.69) is 35.9 Å². The molecule has 1 fully saturated rings. The van der Waals surface area contributed by atoms with Gasteiger partial charge in [-0.15, -0.1) is 5.10 Å². The van der Waals surface area contributed by atoms with Gasteiger partial charge in [-0.05, 0) is 58.0 Å². The quantitative estimate of drug-likeness (QED) is 0.403. The Morgan fingerprint density at radius 3 is 2.82 bits per heavy atom. The van der Waals surface area contributed by atoms with Crippen molar-refractivity contribution in [2.24, 2.45) is 0 Å². The number of carbonyl (C=O) groups is 1. The second kappa shape index (κ2) is 9.60. The lowest BCUT2D eigenvalue weighted by Gasteiger charge is -2.22. The van der Waals surface area contributed by atoms with Crippen LogP contribution in [0.5, 0.6) is 0 Å². The zero-order valence-electron chi connectivity index (χ0n) is 19.3. The van der Waals surface area contributed by atoms with Crippen molar-refractivity contribution in [1.29, 1.82) is 0 Å². The molecule has 0 aromatic carbocycles. The van der Waals surface area contributed by atoms with Crippen LogP contribution in [0.3, 0.4) is 0 Å². The minimum atomic E-state index is -0.110. The van der Waals surface area contributed by atoms with Gasteiger partial charge in [0.05, 0.1) is 48.0 Å². The van der Waals surface area contributed by atoms with Gasteiger partial charge in [0.15, 0.2) is 5.78 Å². The van der Waals surface area contributed by atoms with Crippen molar-refractivity contribution in [1.82, 2.24) is 40.2 Å². The summed E-state index contributed by atoms with van der Waals surface area (Å²) in [5.41, 5.74) is 3.14. The number of piperidine rings is 1. The molecule has 4 aromatic heterocycles. The van der Waals surface area contributed by atoms with Crippen LogP contribution in [-0.2, 0) is 6.42 Å². The lowest BCUT2D eigenvalue weighted by molar-refractivity contribution is 0.0987. The highest BCUT2D eigenvalue weighted by molar-refractivity contribution is 5.95. The molecule has 0 bridgehead atoms. The number of aromatic nitrogens is 7. The summed E-state index contributed by atoms with van der Waals surface area (Å²) in [6.45, 7) is 6.00. The Balaban J connectivity index is 1.34. The number of Topliss-reactive ketones (excluding diaryl/α,β-unsaturated/α-hetero) is 1. The first kappa shape index (κ1) is 22.0. The summed E-state index contributed by atoms with van der Waals surface area (Å²) >= 11 is 0. The Bertz CT molecular complexity index is 1310. The Morgan fingerprint density at radius 2 is 2.00 bits per heavy atom. The largest absolute Gasteiger partial charge is 0.367 e. The van der Waals surface area contributed by atoms with E-state index in [0.29, 0.717) is 28.6 Å². The monoisotopic (exact) mass is 457 g/mol. The number of nitrogens with one attached hydrogen (secondary N) is 2. The zero-order valence-corrected chi connectivity index (χ0v) is 19.3. The van der Waals surface area contributed by atoms with Crippen molar-refractivity contribution in [3.8, 4) is 11.4 Å². The molecular formula is C24H27N9O. The van der Waals surface area contributed by atoms with Crippen molar-refractivity contribution in [2.75, 3.05) is 18.4 Å². The molecule has 0 unspecified atom stereocenters. The second-order valence-electron chi connectivity index (χ2n) is 8.82. The predicted molar refractivity (Wildman–Crippen MR) is 129 cm³/mol. The third kappa shape index (κ3) is 4.91. The van der Waals surface area contributed by atoms with Crippen LogP contribution in [0.2, 0.25) is 0 Å². The maximum atomic E-state index is 12.8. The Morgan fingerprint density at radius 1 is 1.15 bits per heavy atom. The maximum Gasteiger partial charge on any atom is 0.190 e. The van der Waals surface area contributed by atoms with Crippen LogP contribution in [0.1, 0.15) is 48.9 Å². The normalized spacial score (nSPS) is 14.6. The topological polar surface area (TPSA) is 123 Å². The molecule has 0 spiro atoms. The molecule has 5 rings (SSSR count). The summed E-state index contributed by atoms with van der Waals surface area (Å²) in [5, 5.41) is 15.8. The highest BCUT2D eigenvalue weighted by atomic mass is 16.1. The summed E-state index contributed by atoms with van der Waals surface area (Å²) in [6, 6.07) is 6.23. The first-order valence-corrected chi connectivity index (χ1v) is 11.6. The summed E-state index contributed by atoms with van der Waals surface area (Å²) in [6.07, 6.45) is 8.99. The van der Waals surface area contributed by atoms with Gasteiger partial charge in [0.2, 0.25) is 0 Å². The van der Waals surface area contributed by atoms with Crippen LogP contribution < -0.4 is 10.6 Å². The number of rotatable bonds is 7. The van der Waals surface area contributed by atoms with Crippen LogP contribution >= 0.6 is 0 Å². The molecule has 10 heteroatoms. The minimum absolute atomic E-state index is 0.110. The summed E-state index contributed by atoms with van der Waals surface area (Å²) < 4.78 is 1.82. The smallest absolute Gasteiger partial charge is 0.190 e.